The monoisotopic (exact) mass is 554 g/mol. The van der Waals surface area contributed by atoms with Crippen LogP contribution < -0.4 is 4.90 Å². The zero-order valence-electron chi connectivity index (χ0n) is 17.3. The molecule has 0 fully saturated rings. The van der Waals surface area contributed by atoms with Crippen LogP contribution in [0.15, 0.2) is 21.1 Å². The lowest BCUT2D eigenvalue weighted by atomic mass is 9.99. The zero-order chi connectivity index (χ0) is 23.6. The normalized spacial score (nSPS) is 10.8. The van der Waals surface area contributed by atoms with Crippen LogP contribution in [-0.2, 0) is 0 Å². The van der Waals surface area contributed by atoms with E-state index in [1.165, 1.54) is 24.0 Å². The fraction of sp³-hybridized carbons (Fsp3) is 0.350. The quantitative estimate of drug-likeness (QED) is 0.302. The molecule has 0 saturated heterocycles. The molecular weight excluding hydrogens is 536 g/mol. The first-order valence-electron chi connectivity index (χ1n) is 9.34. The molecule has 0 bridgehead atoms. The Bertz CT molecular complexity index is 1110. The lowest BCUT2D eigenvalue weighted by molar-refractivity contribution is -0.393. The van der Waals surface area contributed by atoms with E-state index in [1.807, 2.05) is 19.9 Å². The van der Waals surface area contributed by atoms with Gasteiger partial charge in [0.15, 0.2) is 5.69 Å². The molecule has 0 amide bonds. The average Bonchev–Trinajstić information content (AvgIpc) is 2.71. The van der Waals surface area contributed by atoms with Gasteiger partial charge >= 0.3 is 5.69 Å². The van der Waals surface area contributed by atoms with Crippen LogP contribution in [0.4, 0.5) is 22.7 Å². The van der Waals surface area contributed by atoms with Crippen molar-refractivity contribution in [1.82, 2.24) is 0 Å². The number of phenolic OH excluding ortho intramolecular Hbond substituents is 1. The predicted molar refractivity (Wildman–Crippen MR) is 124 cm³/mol. The van der Waals surface area contributed by atoms with Crippen molar-refractivity contribution in [3.63, 3.8) is 0 Å². The summed E-state index contributed by atoms with van der Waals surface area (Å²) in [6.07, 6.45) is 0.956. The number of nitro benzene ring substituents is 2. The minimum atomic E-state index is -0.664. The molecule has 0 aliphatic carbocycles. The first-order valence-corrected chi connectivity index (χ1v) is 10.9. The van der Waals surface area contributed by atoms with Crippen LogP contribution in [0.25, 0.3) is 0 Å². The number of rotatable bonds is 7. The molecule has 0 radical (unpaired) electrons. The summed E-state index contributed by atoms with van der Waals surface area (Å²) in [5, 5.41) is 44.3. The van der Waals surface area contributed by atoms with E-state index in [4.69, 9.17) is 0 Å². The van der Waals surface area contributed by atoms with E-state index in [-0.39, 0.29) is 37.2 Å². The summed E-state index contributed by atoms with van der Waals surface area (Å²) in [5.41, 5.74) is -0.151. The Labute approximate surface area is 195 Å². The summed E-state index contributed by atoms with van der Waals surface area (Å²) >= 11 is 6.47. The van der Waals surface area contributed by atoms with E-state index in [2.05, 4.69) is 31.9 Å². The van der Waals surface area contributed by atoms with Gasteiger partial charge in [0.1, 0.15) is 11.8 Å². The highest BCUT2D eigenvalue weighted by Crippen LogP contribution is 2.51. The second kappa shape index (κ2) is 9.62. The Kier molecular flexibility index (Phi) is 7.62. The number of nitrogens with zero attached hydrogens (tertiary/aromatic N) is 4. The van der Waals surface area contributed by atoms with Gasteiger partial charge in [0, 0.05) is 17.7 Å². The first kappa shape index (κ1) is 24.6. The van der Waals surface area contributed by atoms with E-state index in [0.29, 0.717) is 18.4 Å². The van der Waals surface area contributed by atoms with Gasteiger partial charge in [-0.3, -0.25) is 20.2 Å². The third-order valence-electron chi connectivity index (χ3n) is 5.22. The third-order valence-corrected chi connectivity index (χ3v) is 6.58. The molecule has 1 N–H and O–H groups in total. The largest absolute Gasteiger partial charge is 0.505 e. The number of anilines is 2. The number of nitro groups is 2. The van der Waals surface area contributed by atoms with Crippen LogP contribution in [0, 0.1) is 45.4 Å². The maximum Gasteiger partial charge on any atom is 0.303 e. The van der Waals surface area contributed by atoms with Crippen LogP contribution in [0.1, 0.15) is 43.4 Å². The molecule has 0 aliphatic heterocycles. The van der Waals surface area contributed by atoms with Crippen LogP contribution in [0.3, 0.4) is 0 Å². The van der Waals surface area contributed by atoms with Crippen LogP contribution in [-0.4, -0.2) is 21.0 Å². The highest BCUT2D eigenvalue weighted by Gasteiger charge is 2.38. The van der Waals surface area contributed by atoms with Crippen LogP contribution >= 0.6 is 31.9 Å². The number of halogens is 2. The number of aryl methyl sites for hydroxylation is 1. The Hall–Kier alpha value is -2.71. The maximum atomic E-state index is 12.1. The maximum absolute atomic E-state index is 12.1. The van der Waals surface area contributed by atoms with Crippen molar-refractivity contribution in [3.8, 4) is 11.8 Å². The topological polar surface area (TPSA) is 134 Å². The molecule has 9 nitrogen and oxygen atoms in total. The fourth-order valence-electron chi connectivity index (χ4n) is 3.52. The third kappa shape index (κ3) is 4.36. The smallest absolute Gasteiger partial charge is 0.303 e. The second-order valence-electron chi connectivity index (χ2n) is 6.92. The van der Waals surface area contributed by atoms with Crippen molar-refractivity contribution >= 4 is 54.6 Å². The van der Waals surface area contributed by atoms with Gasteiger partial charge in [-0.25, -0.2) is 0 Å². The lowest BCUT2D eigenvalue weighted by Crippen LogP contribution is -2.32. The van der Waals surface area contributed by atoms with Crippen molar-refractivity contribution in [1.29, 1.82) is 5.26 Å². The Morgan fingerprint density at radius 2 is 1.71 bits per heavy atom. The van der Waals surface area contributed by atoms with E-state index in [9.17, 15) is 30.6 Å². The minimum Gasteiger partial charge on any atom is -0.505 e. The summed E-state index contributed by atoms with van der Waals surface area (Å²) in [6.45, 7) is 6.80. The fourth-order valence-corrected chi connectivity index (χ4v) is 4.83. The van der Waals surface area contributed by atoms with Gasteiger partial charge in [0.05, 0.1) is 30.0 Å². The average molecular weight is 556 g/mol. The molecule has 31 heavy (non-hydrogen) atoms. The number of benzene rings is 2. The number of hydrogen-bond acceptors (Lipinski definition) is 7. The van der Waals surface area contributed by atoms with Crippen LogP contribution in [0.5, 0.6) is 5.75 Å². The Balaban J connectivity index is 3.17. The molecule has 0 unspecified atom stereocenters. The van der Waals surface area contributed by atoms with Gasteiger partial charge in [-0.05, 0) is 70.2 Å². The molecule has 0 aromatic heterocycles. The summed E-state index contributed by atoms with van der Waals surface area (Å²) in [5.74, 6) is -0.223. The number of hydrogen-bond donors (Lipinski definition) is 1. The molecule has 11 heteroatoms. The molecule has 2 aromatic carbocycles. The van der Waals surface area contributed by atoms with E-state index in [1.54, 1.807) is 6.92 Å². The summed E-state index contributed by atoms with van der Waals surface area (Å²) in [7, 11) is 0. The van der Waals surface area contributed by atoms with E-state index < -0.39 is 27.3 Å². The molecule has 164 valence electrons. The van der Waals surface area contributed by atoms with Crippen molar-refractivity contribution in [2.75, 3.05) is 4.90 Å². The van der Waals surface area contributed by atoms with Crippen molar-refractivity contribution in [2.24, 2.45) is 0 Å². The van der Waals surface area contributed by atoms with Crippen molar-refractivity contribution < 1.29 is 15.0 Å². The molecule has 0 spiro atoms. The number of phenols is 1. The highest BCUT2D eigenvalue weighted by molar-refractivity contribution is 9.11. The second-order valence-corrected chi connectivity index (χ2v) is 8.57. The number of nitriles is 1. The predicted octanol–water partition coefficient (Wildman–Crippen LogP) is 6.55. The zero-order valence-corrected chi connectivity index (χ0v) is 20.4. The first-order chi connectivity index (χ1) is 14.5. The molecular formula is C20H20Br2N4O5. The SMILES string of the molecule is CCC(CC)N(c1c(C#N)cc(Br)c(O)c1Br)c1c([N+](=O)[O-])cc(C)c(C)c1[N+](=O)[O-]. The molecule has 0 heterocycles. The van der Waals surface area contributed by atoms with Gasteiger partial charge in [-0.2, -0.15) is 5.26 Å². The van der Waals surface area contributed by atoms with Gasteiger partial charge in [0.25, 0.3) is 5.69 Å². The van der Waals surface area contributed by atoms with Crippen molar-refractivity contribution in [2.45, 2.75) is 46.6 Å². The minimum absolute atomic E-state index is 0.0882. The molecule has 0 atom stereocenters. The molecule has 0 saturated carbocycles. The molecule has 0 aliphatic rings. The van der Waals surface area contributed by atoms with Crippen LogP contribution in [0.2, 0.25) is 0 Å². The van der Waals surface area contributed by atoms with E-state index in [0.717, 1.165) is 0 Å². The lowest BCUT2D eigenvalue weighted by Gasteiger charge is -2.34. The molecule has 2 rings (SSSR count). The Morgan fingerprint density at radius 3 is 2.16 bits per heavy atom. The van der Waals surface area contributed by atoms with Gasteiger partial charge in [-0.1, -0.05) is 13.8 Å². The van der Waals surface area contributed by atoms with E-state index >= 15 is 0 Å². The summed E-state index contributed by atoms with van der Waals surface area (Å²) < 4.78 is 0.348. The standard InChI is InChI=1S/C20H20Br2N4O5/c1-5-13(6-2)24(18-12(9-23)8-14(21)20(27)16(18)22)19-15(25(28)29)7-10(3)11(4)17(19)26(30)31/h7-8,13,27H,5-6H2,1-4H3. The summed E-state index contributed by atoms with van der Waals surface area (Å²) in [4.78, 5) is 24.2. The van der Waals surface area contributed by atoms with Gasteiger partial charge in [0.2, 0.25) is 0 Å². The van der Waals surface area contributed by atoms with Gasteiger partial charge in [-0.15, -0.1) is 0 Å². The Morgan fingerprint density at radius 1 is 1.13 bits per heavy atom. The molecule has 2 aromatic rings. The number of aromatic hydroxyl groups is 1. The van der Waals surface area contributed by atoms with Crippen molar-refractivity contribution in [3.05, 3.63) is 58.0 Å². The summed E-state index contributed by atoms with van der Waals surface area (Å²) in [6, 6.07) is 4.28. The highest BCUT2D eigenvalue weighted by atomic mass is 79.9. The van der Waals surface area contributed by atoms with Gasteiger partial charge < -0.3 is 10.0 Å².